The third kappa shape index (κ3) is 3.17. The van der Waals surface area contributed by atoms with Gasteiger partial charge >= 0.3 is 6.09 Å². The highest BCUT2D eigenvalue weighted by Crippen LogP contribution is 2.22. The number of ether oxygens (including phenoxy) is 1. The average Bonchev–Trinajstić information content (AvgIpc) is 2.95. The van der Waals surface area contributed by atoms with E-state index < -0.39 is 6.09 Å². The monoisotopic (exact) mass is 304 g/mol. The topological polar surface area (TPSA) is 78.9 Å². The van der Waals surface area contributed by atoms with Crippen LogP contribution >= 0.6 is 22.9 Å². The van der Waals surface area contributed by atoms with Crippen LogP contribution in [0.15, 0.2) is 12.1 Å². The average molecular weight is 305 g/mol. The third-order valence-electron chi connectivity index (χ3n) is 2.95. The van der Waals surface area contributed by atoms with E-state index in [2.05, 4.69) is 5.32 Å². The molecule has 8 heteroatoms. The maximum absolute atomic E-state index is 12.0. The van der Waals surface area contributed by atoms with Gasteiger partial charge in [-0.05, 0) is 12.1 Å². The number of hydrogen-bond acceptors (Lipinski definition) is 4. The summed E-state index contributed by atoms with van der Waals surface area (Å²) in [5.74, 6) is -0.267. The van der Waals surface area contributed by atoms with Crippen LogP contribution in [0.4, 0.5) is 4.79 Å². The molecular formula is C11H13ClN2O4S. The summed E-state index contributed by atoms with van der Waals surface area (Å²) in [6, 6.07) is 2.93. The molecule has 1 saturated heterocycles. The van der Waals surface area contributed by atoms with Crippen molar-refractivity contribution >= 4 is 34.9 Å². The molecule has 0 spiro atoms. The van der Waals surface area contributed by atoms with Gasteiger partial charge in [0.1, 0.15) is 0 Å². The SMILES string of the molecule is COC1CN(C(=O)O)CC1NC(=O)c1ccc(Cl)s1. The van der Waals surface area contributed by atoms with Gasteiger partial charge in [0.05, 0.1) is 27.9 Å². The second kappa shape index (κ2) is 5.77. The molecule has 0 aliphatic carbocycles. The molecule has 1 fully saturated rings. The van der Waals surface area contributed by atoms with E-state index >= 15 is 0 Å². The number of amides is 2. The number of hydrogen-bond donors (Lipinski definition) is 2. The summed E-state index contributed by atoms with van der Waals surface area (Å²) in [4.78, 5) is 24.6. The van der Waals surface area contributed by atoms with E-state index in [1.54, 1.807) is 12.1 Å². The van der Waals surface area contributed by atoms with Crippen molar-refractivity contribution in [1.82, 2.24) is 10.2 Å². The van der Waals surface area contributed by atoms with Gasteiger partial charge in [0.25, 0.3) is 5.91 Å². The van der Waals surface area contributed by atoms with E-state index in [0.717, 1.165) is 0 Å². The molecule has 0 radical (unpaired) electrons. The third-order valence-corrected chi connectivity index (χ3v) is 4.18. The molecule has 1 aromatic rings. The minimum Gasteiger partial charge on any atom is -0.465 e. The van der Waals surface area contributed by atoms with Crippen LogP contribution in [0.5, 0.6) is 0 Å². The molecule has 19 heavy (non-hydrogen) atoms. The van der Waals surface area contributed by atoms with Gasteiger partial charge in [-0.1, -0.05) is 11.6 Å². The molecule has 1 aliphatic rings. The van der Waals surface area contributed by atoms with E-state index in [9.17, 15) is 9.59 Å². The molecule has 0 saturated carbocycles. The first kappa shape index (κ1) is 14.1. The van der Waals surface area contributed by atoms with Gasteiger partial charge in [-0.25, -0.2) is 4.79 Å². The zero-order valence-corrected chi connectivity index (χ0v) is 11.7. The Bertz CT molecular complexity index is 493. The number of carbonyl (C=O) groups excluding carboxylic acids is 1. The van der Waals surface area contributed by atoms with Crippen LogP contribution < -0.4 is 5.32 Å². The normalized spacial score (nSPS) is 22.5. The van der Waals surface area contributed by atoms with Crippen molar-refractivity contribution in [2.75, 3.05) is 20.2 Å². The van der Waals surface area contributed by atoms with Gasteiger partial charge in [-0.3, -0.25) is 4.79 Å². The summed E-state index contributed by atoms with van der Waals surface area (Å²) < 4.78 is 5.74. The maximum atomic E-state index is 12.0. The lowest BCUT2D eigenvalue weighted by molar-refractivity contribution is 0.0761. The summed E-state index contributed by atoms with van der Waals surface area (Å²) in [6.07, 6.45) is -1.35. The number of carboxylic acid groups (broad SMARTS) is 1. The van der Waals surface area contributed by atoms with E-state index in [-0.39, 0.29) is 31.1 Å². The molecular weight excluding hydrogens is 292 g/mol. The number of nitrogens with one attached hydrogen (secondary N) is 1. The summed E-state index contributed by atoms with van der Waals surface area (Å²) in [5, 5.41) is 11.7. The van der Waals surface area contributed by atoms with Gasteiger partial charge < -0.3 is 20.1 Å². The lowest BCUT2D eigenvalue weighted by Gasteiger charge is -2.17. The van der Waals surface area contributed by atoms with Crippen molar-refractivity contribution in [2.24, 2.45) is 0 Å². The number of likely N-dealkylation sites (tertiary alicyclic amines) is 1. The predicted molar refractivity (Wildman–Crippen MR) is 71.0 cm³/mol. The van der Waals surface area contributed by atoms with Crippen molar-refractivity contribution in [3.05, 3.63) is 21.3 Å². The molecule has 2 atom stereocenters. The molecule has 104 valence electrons. The summed E-state index contributed by atoms with van der Waals surface area (Å²) >= 11 is 6.95. The second-order valence-corrected chi connectivity index (χ2v) is 5.86. The van der Waals surface area contributed by atoms with Crippen LogP contribution in [0.25, 0.3) is 0 Å². The van der Waals surface area contributed by atoms with Gasteiger partial charge in [-0.15, -0.1) is 11.3 Å². The smallest absolute Gasteiger partial charge is 0.407 e. The molecule has 1 aliphatic heterocycles. The second-order valence-electron chi connectivity index (χ2n) is 4.15. The van der Waals surface area contributed by atoms with Crippen LogP contribution in [0.1, 0.15) is 9.67 Å². The zero-order valence-electron chi connectivity index (χ0n) is 10.1. The molecule has 2 unspecified atom stereocenters. The van der Waals surface area contributed by atoms with E-state index in [0.29, 0.717) is 9.21 Å². The Labute approximate surface area is 118 Å². The number of carbonyl (C=O) groups is 2. The van der Waals surface area contributed by atoms with Crippen molar-refractivity contribution in [3.63, 3.8) is 0 Å². The summed E-state index contributed by atoms with van der Waals surface area (Å²) in [7, 11) is 1.50. The minimum absolute atomic E-state index is 0.221. The van der Waals surface area contributed by atoms with Crippen LogP contribution in [0, 0.1) is 0 Å². The van der Waals surface area contributed by atoms with Crippen molar-refractivity contribution in [1.29, 1.82) is 0 Å². The van der Waals surface area contributed by atoms with Crippen molar-refractivity contribution in [2.45, 2.75) is 12.1 Å². The fourth-order valence-corrected chi connectivity index (χ4v) is 2.93. The highest BCUT2D eigenvalue weighted by Gasteiger charge is 2.36. The van der Waals surface area contributed by atoms with Crippen LogP contribution in [0.2, 0.25) is 4.34 Å². The standard InChI is InChI=1S/C11H13ClN2O4S/c1-18-7-5-14(11(16)17)4-6(7)13-10(15)8-2-3-9(12)19-8/h2-3,6-7H,4-5H2,1H3,(H,13,15)(H,16,17). The zero-order chi connectivity index (χ0) is 14.0. The van der Waals surface area contributed by atoms with Crippen LogP contribution in [-0.4, -0.2) is 54.4 Å². The molecule has 1 aromatic heterocycles. The maximum Gasteiger partial charge on any atom is 0.407 e. The predicted octanol–water partition coefficient (Wildman–Crippen LogP) is 1.51. The van der Waals surface area contributed by atoms with Crippen LogP contribution in [-0.2, 0) is 4.74 Å². The Morgan fingerprint density at radius 2 is 2.26 bits per heavy atom. The fourth-order valence-electron chi connectivity index (χ4n) is 1.98. The summed E-state index contributed by atoms with van der Waals surface area (Å²) in [5.41, 5.74) is 0. The molecule has 2 heterocycles. The molecule has 2 rings (SSSR count). The molecule has 2 amide bonds. The molecule has 6 nitrogen and oxygen atoms in total. The number of nitrogens with zero attached hydrogens (tertiary/aromatic N) is 1. The van der Waals surface area contributed by atoms with Crippen LogP contribution in [0.3, 0.4) is 0 Å². The van der Waals surface area contributed by atoms with Gasteiger partial charge in [0, 0.05) is 13.7 Å². The Kier molecular flexibility index (Phi) is 4.28. The lowest BCUT2D eigenvalue weighted by Crippen LogP contribution is -2.43. The Balaban J connectivity index is 2.01. The molecule has 0 bridgehead atoms. The largest absolute Gasteiger partial charge is 0.465 e. The number of rotatable bonds is 3. The highest BCUT2D eigenvalue weighted by molar-refractivity contribution is 7.17. The fraction of sp³-hybridized carbons (Fsp3) is 0.455. The Morgan fingerprint density at radius 1 is 1.53 bits per heavy atom. The lowest BCUT2D eigenvalue weighted by atomic mass is 10.2. The molecule has 0 aromatic carbocycles. The molecule has 2 N–H and O–H groups in total. The van der Waals surface area contributed by atoms with E-state index in [1.165, 1.54) is 23.3 Å². The van der Waals surface area contributed by atoms with E-state index in [1.807, 2.05) is 0 Å². The van der Waals surface area contributed by atoms with Gasteiger partial charge in [-0.2, -0.15) is 0 Å². The minimum atomic E-state index is -1.02. The number of halogens is 1. The Hall–Kier alpha value is -1.31. The van der Waals surface area contributed by atoms with Gasteiger partial charge in [0.2, 0.25) is 0 Å². The quantitative estimate of drug-likeness (QED) is 0.887. The van der Waals surface area contributed by atoms with E-state index in [4.69, 9.17) is 21.4 Å². The van der Waals surface area contributed by atoms with Gasteiger partial charge in [0.15, 0.2) is 0 Å². The first-order valence-corrected chi connectivity index (χ1v) is 6.77. The number of thiophene rings is 1. The highest BCUT2D eigenvalue weighted by atomic mass is 35.5. The van der Waals surface area contributed by atoms with Crippen molar-refractivity contribution in [3.8, 4) is 0 Å². The number of methoxy groups -OCH3 is 1. The first-order valence-electron chi connectivity index (χ1n) is 5.58. The first-order chi connectivity index (χ1) is 9.01. The summed E-state index contributed by atoms with van der Waals surface area (Å²) in [6.45, 7) is 0.473. The Morgan fingerprint density at radius 3 is 2.79 bits per heavy atom. The van der Waals surface area contributed by atoms with Crippen molar-refractivity contribution < 1.29 is 19.4 Å².